The van der Waals surface area contributed by atoms with Crippen molar-refractivity contribution in [1.82, 2.24) is 9.97 Å². The van der Waals surface area contributed by atoms with E-state index in [9.17, 15) is 0 Å². The average Bonchev–Trinajstić information content (AvgIpc) is 2.58. The maximum Gasteiger partial charge on any atom is 0.200 e. The van der Waals surface area contributed by atoms with Crippen LogP contribution in [0.25, 0.3) is 11.5 Å². The van der Waals surface area contributed by atoms with E-state index in [4.69, 9.17) is 16.0 Å². The summed E-state index contributed by atoms with van der Waals surface area (Å²) >= 11 is 5.67. The molecule has 12 heavy (non-hydrogen) atoms. The molecule has 4 heteroatoms. The molecule has 0 amide bonds. The standard InChI is InChI=1S/C8H7ClN2O/c1-5-7(11-8(9)10-5)6-3-2-4-12-6/h2-4H,1H3,(H,10,11). The SMILES string of the molecule is Cc1[nH]c(Cl)nc1-c1ccco1. The summed E-state index contributed by atoms with van der Waals surface area (Å²) in [6.45, 7) is 1.90. The number of rotatable bonds is 1. The van der Waals surface area contributed by atoms with Crippen LogP contribution in [0.3, 0.4) is 0 Å². The Balaban J connectivity index is 2.54. The van der Waals surface area contributed by atoms with Gasteiger partial charge in [-0.05, 0) is 30.7 Å². The van der Waals surface area contributed by atoms with E-state index in [1.165, 1.54) is 0 Å². The monoisotopic (exact) mass is 182 g/mol. The largest absolute Gasteiger partial charge is 0.463 e. The molecule has 0 atom stereocenters. The number of H-pyrrole nitrogens is 1. The lowest BCUT2D eigenvalue weighted by Crippen LogP contribution is -1.76. The maximum atomic E-state index is 5.67. The third-order valence-electron chi connectivity index (χ3n) is 1.61. The first-order valence-electron chi connectivity index (χ1n) is 3.53. The van der Waals surface area contributed by atoms with E-state index in [1.54, 1.807) is 6.26 Å². The molecule has 0 saturated carbocycles. The van der Waals surface area contributed by atoms with Gasteiger partial charge in [0.1, 0.15) is 5.69 Å². The molecule has 0 spiro atoms. The van der Waals surface area contributed by atoms with Gasteiger partial charge in [0.15, 0.2) is 5.76 Å². The Morgan fingerprint density at radius 3 is 2.92 bits per heavy atom. The van der Waals surface area contributed by atoms with Gasteiger partial charge in [-0.3, -0.25) is 0 Å². The van der Waals surface area contributed by atoms with Gasteiger partial charge in [0.2, 0.25) is 5.28 Å². The Labute approximate surface area is 74.4 Å². The normalized spacial score (nSPS) is 10.5. The van der Waals surface area contributed by atoms with Crippen molar-refractivity contribution in [3.8, 4) is 11.5 Å². The molecule has 0 aliphatic heterocycles. The van der Waals surface area contributed by atoms with Gasteiger partial charge in [-0.1, -0.05) is 0 Å². The second kappa shape index (κ2) is 2.68. The minimum atomic E-state index is 0.388. The molecule has 62 valence electrons. The molecule has 2 aromatic rings. The molecule has 0 radical (unpaired) electrons. The molecule has 0 bridgehead atoms. The van der Waals surface area contributed by atoms with E-state index in [-0.39, 0.29) is 0 Å². The van der Waals surface area contributed by atoms with Crippen LogP contribution >= 0.6 is 11.6 Å². The smallest absolute Gasteiger partial charge is 0.200 e. The van der Waals surface area contributed by atoms with Crippen LogP contribution in [0.4, 0.5) is 0 Å². The number of furan rings is 1. The van der Waals surface area contributed by atoms with Crippen molar-refractivity contribution in [3.05, 3.63) is 29.4 Å². The summed E-state index contributed by atoms with van der Waals surface area (Å²) < 4.78 is 5.17. The molecule has 0 saturated heterocycles. The molecule has 0 aliphatic carbocycles. The van der Waals surface area contributed by atoms with Crippen LogP contribution in [0.1, 0.15) is 5.69 Å². The first kappa shape index (κ1) is 7.43. The molecular weight excluding hydrogens is 176 g/mol. The molecular formula is C8H7ClN2O. The third kappa shape index (κ3) is 1.12. The highest BCUT2D eigenvalue weighted by molar-refractivity contribution is 6.28. The predicted octanol–water partition coefficient (Wildman–Crippen LogP) is 2.63. The summed E-state index contributed by atoms with van der Waals surface area (Å²) in [5, 5.41) is 0.388. The van der Waals surface area contributed by atoms with E-state index in [2.05, 4.69) is 9.97 Å². The summed E-state index contributed by atoms with van der Waals surface area (Å²) in [7, 11) is 0. The van der Waals surface area contributed by atoms with Gasteiger partial charge in [-0.25, -0.2) is 4.98 Å². The zero-order valence-electron chi connectivity index (χ0n) is 6.47. The fraction of sp³-hybridized carbons (Fsp3) is 0.125. The number of hydrogen-bond donors (Lipinski definition) is 1. The number of aryl methyl sites for hydroxylation is 1. The Kier molecular flexibility index (Phi) is 1.66. The van der Waals surface area contributed by atoms with Crippen LogP contribution in [0, 0.1) is 6.92 Å². The number of hydrogen-bond acceptors (Lipinski definition) is 2. The second-order valence-corrected chi connectivity index (χ2v) is 2.84. The Morgan fingerprint density at radius 2 is 2.42 bits per heavy atom. The van der Waals surface area contributed by atoms with E-state index < -0.39 is 0 Å². The zero-order chi connectivity index (χ0) is 8.55. The molecule has 1 N–H and O–H groups in total. The molecule has 3 nitrogen and oxygen atoms in total. The van der Waals surface area contributed by atoms with Crippen molar-refractivity contribution in [3.63, 3.8) is 0 Å². The predicted molar refractivity (Wildman–Crippen MR) is 46.0 cm³/mol. The first-order valence-corrected chi connectivity index (χ1v) is 3.91. The van der Waals surface area contributed by atoms with Crippen LogP contribution in [-0.4, -0.2) is 9.97 Å². The van der Waals surface area contributed by atoms with E-state index in [1.807, 2.05) is 19.1 Å². The fourth-order valence-corrected chi connectivity index (χ4v) is 1.30. The quantitative estimate of drug-likeness (QED) is 0.737. The van der Waals surface area contributed by atoms with Crippen molar-refractivity contribution >= 4 is 11.6 Å². The fourth-order valence-electron chi connectivity index (χ4n) is 1.08. The van der Waals surface area contributed by atoms with Crippen molar-refractivity contribution in [1.29, 1.82) is 0 Å². The summed E-state index contributed by atoms with van der Waals surface area (Å²) in [5.74, 6) is 0.732. The molecule has 0 fully saturated rings. The Bertz CT molecular complexity index is 378. The number of imidazole rings is 1. The number of nitrogens with zero attached hydrogens (tertiary/aromatic N) is 1. The summed E-state index contributed by atoms with van der Waals surface area (Å²) in [4.78, 5) is 6.96. The molecule has 2 heterocycles. The molecule has 0 aromatic carbocycles. The van der Waals surface area contributed by atoms with Crippen LogP contribution in [0.15, 0.2) is 22.8 Å². The number of halogens is 1. The topological polar surface area (TPSA) is 41.8 Å². The number of aromatic amines is 1. The highest BCUT2D eigenvalue weighted by atomic mass is 35.5. The third-order valence-corrected chi connectivity index (χ3v) is 1.79. The first-order chi connectivity index (χ1) is 5.77. The van der Waals surface area contributed by atoms with Gasteiger partial charge in [-0.2, -0.15) is 0 Å². The van der Waals surface area contributed by atoms with Gasteiger partial charge >= 0.3 is 0 Å². The summed E-state index contributed by atoms with van der Waals surface area (Å²) in [6.07, 6.45) is 1.61. The van der Waals surface area contributed by atoms with Crippen LogP contribution in [0.5, 0.6) is 0 Å². The lowest BCUT2D eigenvalue weighted by atomic mass is 10.3. The molecule has 2 aromatic heterocycles. The van der Waals surface area contributed by atoms with Gasteiger partial charge in [0, 0.05) is 5.69 Å². The second-order valence-electron chi connectivity index (χ2n) is 2.48. The lowest BCUT2D eigenvalue weighted by molar-refractivity contribution is 0.580. The zero-order valence-corrected chi connectivity index (χ0v) is 7.22. The highest BCUT2D eigenvalue weighted by Gasteiger charge is 2.08. The number of nitrogens with one attached hydrogen (secondary N) is 1. The highest BCUT2D eigenvalue weighted by Crippen LogP contribution is 2.22. The van der Waals surface area contributed by atoms with Crippen molar-refractivity contribution in [2.45, 2.75) is 6.92 Å². The van der Waals surface area contributed by atoms with Crippen LogP contribution in [-0.2, 0) is 0 Å². The molecule has 0 unspecified atom stereocenters. The number of aromatic nitrogens is 2. The van der Waals surface area contributed by atoms with Gasteiger partial charge in [0.05, 0.1) is 6.26 Å². The van der Waals surface area contributed by atoms with Crippen LogP contribution in [0.2, 0.25) is 5.28 Å². The lowest BCUT2D eigenvalue weighted by Gasteiger charge is -1.89. The minimum Gasteiger partial charge on any atom is -0.463 e. The molecule has 2 rings (SSSR count). The van der Waals surface area contributed by atoms with Crippen molar-refractivity contribution < 1.29 is 4.42 Å². The average molecular weight is 183 g/mol. The van der Waals surface area contributed by atoms with Gasteiger partial charge in [-0.15, -0.1) is 0 Å². The minimum absolute atomic E-state index is 0.388. The molecule has 0 aliphatic rings. The Hall–Kier alpha value is -1.22. The van der Waals surface area contributed by atoms with Crippen LogP contribution < -0.4 is 0 Å². The van der Waals surface area contributed by atoms with E-state index in [0.29, 0.717) is 5.28 Å². The van der Waals surface area contributed by atoms with E-state index in [0.717, 1.165) is 17.1 Å². The maximum absolute atomic E-state index is 5.67. The summed E-state index contributed by atoms with van der Waals surface area (Å²) in [5.41, 5.74) is 1.68. The summed E-state index contributed by atoms with van der Waals surface area (Å²) in [6, 6.07) is 3.66. The van der Waals surface area contributed by atoms with Crippen molar-refractivity contribution in [2.75, 3.05) is 0 Å². The van der Waals surface area contributed by atoms with Gasteiger partial charge < -0.3 is 9.40 Å². The van der Waals surface area contributed by atoms with E-state index >= 15 is 0 Å². The Morgan fingerprint density at radius 1 is 1.58 bits per heavy atom. The van der Waals surface area contributed by atoms with Gasteiger partial charge in [0.25, 0.3) is 0 Å². The van der Waals surface area contributed by atoms with Crippen molar-refractivity contribution in [2.24, 2.45) is 0 Å².